The van der Waals surface area contributed by atoms with Gasteiger partial charge in [0.25, 0.3) is 0 Å². The number of fused-ring (bicyclic) bond motifs is 4. The van der Waals surface area contributed by atoms with Crippen LogP contribution in [0.3, 0.4) is 0 Å². The molecule has 52 heavy (non-hydrogen) atoms. The van der Waals surface area contributed by atoms with E-state index in [0.717, 1.165) is 57.9 Å². The van der Waals surface area contributed by atoms with Gasteiger partial charge in [0, 0.05) is 12.8 Å². The summed E-state index contributed by atoms with van der Waals surface area (Å²) in [4.78, 5) is 10.8. The van der Waals surface area contributed by atoms with E-state index in [1.165, 1.54) is 22.3 Å². The quantitative estimate of drug-likeness (QED) is 0.180. The summed E-state index contributed by atoms with van der Waals surface area (Å²) in [6.45, 7) is 4.34. The third kappa shape index (κ3) is 5.08. The molecule has 2 aliphatic carbocycles. The number of aromatic nitrogens is 2. The van der Waals surface area contributed by atoms with Crippen LogP contribution in [-0.2, 0) is 43.4 Å². The highest BCUT2D eigenvalue weighted by Gasteiger charge is 2.56. The Bertz CT molecular complexity index is 2000. The molecule has 0 saturated carbocycles. The lowest BCUT2D eigenvalue weighted by molar-refractivity contribution is -0.186. The number of hydrogen-bond donors (Lipinski definition) is 0. The fraction of sp³-hybridized carbons (Fsp3) is 0.261. The van der Waals surface area contributed by atoms with Crippen LogP contribution in [-0.4, -0.2) is 9.97 Å². The van der Waals surface area contributed by atoms with E-state index in [0.29, 0.717) is 12.8 Å². The maximum atomic E-state index is 7.07. The molecule has 2 saturated heterocycles. The third-order valence-electron chi connectivity index (χ3n) is 11.4. The molecule has 2 spiro atoms. The standard InChI is InChI=1S/C46H40N2O4/c1-29-27-37(47-43-35(29)23-25-45(43)49-39(31-15-7-3-8-16-31)40(50-45)32-17-9-4-10-18-32)38-28-30(2)36-24-26-46(44(36)48-38)51-41(33-19-11-5-12-20-33)42(52-46)34-21-13-6-14-22-34/h3-22,27-28,39-42H,23-26H2,1-2H3/t39-,40-,41-,42-/m0/s1. The van der Waals surface area contributed by atoms with Crippen molar-refractivity contribution in [1.29, 1.82) is 0 Å². The highest BCUT2D eigenvalue weighted by atomic mass is 16.8. The molecule has 4 aromatic carbocycles. The van der Waals surface area contributed by atoms with Gasteiger partial charge >= 0.3 is 0 Å². The summed E-state index contributed by atoms with van der Waals surface area (Å²) in [5.41, 5.74) is 12.4. The van der Waals surface area contributed by atoms with Gasteiger partial charge in [-0.2, -0.15) is 0 Å². The predicted molar refractivity (Wildman–Crippen MR) is 198 cm³/mol. The molecule has 258 valence electrons. The van der Waals surface area contributed by atoms with E-state index in [1.54, 1.807) is 0 Å². The lowest BCUT2D eigenvalue weighted by atomic mass is 9.99. The van der Waals surface area contributed by atoms with Crippen LogP contribution >= 0.6 is 0 Å². The van der Waals surface area contributed by atoms with Gasteiger partial charge in [0.2, 0.25) is 11.6 Å². The van der Waals surface area contributed by atoms with E-state index in [9.17, 15) is 0 Å². The van der Waals surface area contributed by atoms with Crippen LogP contribution < -0.4 is 0 Å². The van der Waals surface area contributed by atoms with Crippen LogP contribution in [0.5, 0.6) is 0 Å². The second kappa shape index (κ2) is 12.3. The van der Waals surface area contributed by atoms with E-state index in [1.807, 2.05) is 24.3 Å². The molecule has 0 radical (unpaired) electrons. The zero-order valence-electron chi connectivity index (χ0n) is 29.4. The van der Waals surface area contributed by atoms with E-state index >= 15 is 0 Å². The summed E-state index contributed by atoms with van der Waals surface area (Å²) in [6.07, 6.45) is 1.99. The Balaban J connectivity index is 1.05. The molecule has 4 aliphatic rings. The first-order valence-corrected chi connectivity index (χ1v) is 18.4. The van der Waals surface area contributed by atoms with Crippen LogP contribution in [0.2, 0.25) is 0 Å². The summed E-state index contributed by atoms with van der Waals surface area (Å²) < 4.78 is 28.3. The molecule has 6 nitrogen and oxygen atoms in total. The highest BCUT2D eigenvalue weighted by Crippen LogP contribution is 2.58. The van der Waals surface area contributed by atoms with Crippen molar-refractivity contribution in [1.82, 2.24) is 9.97 Å². The molecule has 6 aromatic rings. The van der Waals surface area contributed by atoms with E-state index in [4.69, 9.17) is 28.9 Å². The smallest absolute Gasteiger partial charge is 0.214 e. The molecule has 0 N–H and O–H groups in total. The summed E-state index contributed by atoms with van der Waals surface area (Å²) in [5, 5.41) is 0. The van der Waals surface area contributed by atoms with Crippen LogP contribution in [0.1, 0.15) is 93.2 Å². The average molecular weight is 685 g/mol. The number of rotatable bonds is 5. The van der Waals surface area contributed by atoms with Crippen molar-refractivity contribution in [3.63, 3.8) is 0 Å². The fourth-order valence-corrected chi connectivity index (χ4v) is 8.86. The molecule has 2 aliphatic heterocycles. The number of aryl methyl sites for hydroxylation is 2. The normalized spacial score (nSPS) is 23.7. The molecule has 2 aromatic heterocycles. The van der Waals surface area contributed by atoms with Crippen LogP contribution in [0.25, 0.3) is 11.4 Å². The number of benzene rings is 4. The lowest BCUT2D eigenvalue weighted by Crippen LogP contribution is -2.26. The maximum absolute atomic E-state index is 7.07. The number of hydrogen-bond acceptors (Lipinski definition) is 6. The van der Waals surface area contributed by atoms with E-state index < -0.39 is 11.6 Å². The minimum Gasteiger partial charge on any atom is -0.333 e. The van der Waals surface area contributed by atoms with Crippen molar-refractivity contribution < 1.29 is 18.9 Å². The lowest BCUT2D eigenvalue weighted by Gasteiger charge is -2.25. The minimum absolute atomic E-state index is 0.271. The topological polar surface area (TPSA) is 62.7 Å². The zero-order valence-corrected chi connectivity index (χ0v) is 29.4. The van der Waals surface area contributed by atoms with Gasteiger partial charge in [-0.1, -0.05) is 121 Å². The largest absolute Gasteiger partial charge is 0.333 e. The molecule has 0 amide bonds. The van der Waals surface area contributed by atoms with Crippen molar-refractivity contribution in [2.24, 2.45) is 0 Å². The summed E-state index contributed by atoms with van der Waals surface area (Å²) >= 11 is 0. The van der Waals surface area contributed by atoms with Gasteiger partial charge in [0.05, 0.1) is 11.4 Å². The van der Waals surface area contributed by atoms with Gasteiger partial charge in [-0.05, 0) is 83.3 Å². The molecule has 4 atom stereocenters. The highest BCUT2D eigenvalue weighted by molar-refractivity contribution is 5.61. The van der Waals surface area contributed by atoms with Crippen LogP contribution in [0.15, 0.2) is 133 Å². The number of ether oxygens (including phenoxy) is 4. The molecule has 10 rings (SSSR count). The predicted octanol–water partition coefficient (Wildman–Crippen LogP) is 10.0. The van der Waals surface area contributed by atoms with Gasteiger partial charge in [0.1, 0.15) is 35.8 Å². The summed E-state index contributed by atoms with van der Waals surface area (Å²) in [6, 6.07) is 46.0. The molecule has 0 bridgehead atoms. The van der Waals surface area contributed by atoms with Crippen molar-refractivity contribution in [3.8, 4) is 11.4 Å². The van der Waals surface area contributed by atoms with E-state index in [2.05, 4.69) is 123 Å². The Morgan fingerprint density at radius 1 is 0.442 bits per heavy atom. The first-order valence-electron chi connectivity index (χ1n) is 18.4. The third-order valence-corrected chi connectivity index (χ3v) is 11.4. The average Bonchev–Trinajstić information content (AvgIpc) is 3.97. The van der Waals surface area contributed by atoms with Gasteiger partial charge in [-0.15, -0.1) is 0 Å². The SMILES string of the molecule is Cc1cc(-c2cc(C)c3c(n2)C2(CC3)O[C@@H](c3ccccc3)[C@H](c3ccccc3)O2)nc2c1CCC21O[C@@H](c2ccccc2)[C@H](c2ccccc2)O1. The maximum Gasteiger partial charge on any atom is 0.214 e. The molecule has 4 heterocycles. The second-order valence-electron chi connectivity index (χ2n) is 14.6. The molecular formula is C46H40N2O4. The van der Waals surface area contributed by atoms with Gasteiger partial charge in [-0.25, -0.2) is 9.97 Å². The van der Waals surface area contributed by atoms with Crippen molar-refractivity contribution in [3.05, 3.63) is 189 Å². The number of pyridine rings is 2. The van der Waals surface area contributed by atoms with Gasteiger partial charge in [-0.3, -0.25) is 0 Å². The Labute approximate surface area is 304 Å². The molecule has 0 unspecified atom stereocenters. The van der Waals surface area contributed by atoms with Gasteiger partial charge in [0.15, 0.2) is 0 Å². The molecule has 6 heteroatoms. The minimum atomic E-state index is -0.965. The molecular weight excluding hydrogens is 645 g/mol. The Kier molecular flexibility index (Phi) is 7.52. The van der Waals surface area contributed by atoms with Crippen molar-refractivity contribution in [2.45, 2.75) is 75.5 Å². The zero-order chi connectivity index (χ0) is 34.9. The Hall–Kier alpha value is -4.98. The second-order valence-corrected chi connectivity index (χ2v) is 14.6. The van der Waals surface area contributed by atoms with Crippen LogP contribution in [0, 0.1) is 13.8 Å². The Morgan fingerprint density at radius 3 is 1.02 bits per heavy atom. The van der Waals surface area contributed by atoms with Crippen molar-refractivity contribution >= 4 is 0 Å². The van der Waals surface area contributed by atoms with Crippen LogP contribution in [0.4, 0.5) is 0 Å². The first kappa shape index (κ1) is 31.7. The summed E-state index contributed by atoms with van der Waals surface area (Å²) in [5.74, 6) is -1.93. The fourth-order valence-electron chi connectivity index (χ4n) is 8.86. The van der Waals surface area contributed by atoms with Crippen molar-refractivity contribution in [2.75, 3.05) is 0 Å². The first-order chi connectivity index (χ1) is 25.5. The monoisotopic (exact) mass is 684 g/mol. The van der Waals surface area contributed by atoms with E-state index in [-0.39, 0.29) is 24.4 Å². The molecule has 2 fully saturated rings. The Morgan fingerprint density at radius 2 is 0.731 bits per heavy atom. The van der Waals surface area contributed by atoms with Gasteiger partial charge < -0.3 is 18.9 Å². The number of nitrogens with zero attached hydrogens (tertiary/aromatic N) is 2. The summed E-state index contributed by atoms with van der Waals surface area (Å²) in [7, 11) is 0.